The molecule has 1 unspecified atom stereocenters. The third-order valence-electron chi connectivity index (χ3n) is 3.50. The topological polar surface area (TPSA) is 57.5 Å². The highest BCUT2D eigenvalue weighted by molar-refractivity contribution is 6.34. The normalized spacial score (nSPS) is 15.9. The minimum Gasteiger partial charge on any atom is -0.507 e. The molecule has 2 aromatic carbocycles. The number of carbonyl (C=O) groups is 1. The third-order valence-corrected chi connectivity index (χ3v) is 3.82. The number of carboxylic acid groups (broad SMARTS) is 1. The fraction of sp³-hybridized carbons (Fsp3) is 0.133. The number of fused-ring (bicyclic) bond motifs is 3. The molecule has 0 saturated heterocycles. The summed E-state index contributed by atoms with van der Waals surface area (Å²) in [6.45, 7) is 0. The summed E-state index contributed by atoms with van der Waals surface area (Å²) in [6, 6.07) is 10.6. The molecule has 0 bridgehead atoms. The molecule has 1 aliphatic carbocycles. The highest BCUT2D eigenvalue weighted by Crippen LogP contribution is 2.52. The van der Waals surface area contributed by atoms with Crippen LogP contribution in [0, 0.1) is 0 Å². The first-order valence-corrected chi connectivity index (χ1v) is 6.30. The fourth-order valence-corrected chi connectivity index (χ4v) is 3.05. The van der Waals surface area contributed by atoms with Gasteiger partial charge in [0.2, 0.25) is 0 Å². The van der Waals surface area contributed by atoms with E-state index in [2.05, 4.69) is 0 Å². The Kier molecular flexibility index (Phi) is 2.72. The molecule has 0 spiro atoms. The Hall–Kier alpha value is -2.00. The van der Waals surface area contributed by atoms with E-state index in [1.165, 1.54) is 0 Å². The largest absolute Gasteiger partial charge is 0.507 e. The summed E-state index contributed by atoms with van der Waals surface area (Å²) in [5.41, 5.74) is 3.11. The molecule has 3 nitrogen and oxygen atoms in total. The second-order valence-corrected chi connectivity index (χ2v) is 5.00. The summed E-state index contributed by atoms with van der Waals surface area (Å²) < 4.78 is 0. The first-order chi connectivity index (χ1) is 9.09. The van der Waals surface area contributed by atoms with Crippen LogP contribution in [-0.4, -0.2) is 16.2 Å². The van der Waals surface area contributed by atoms with Gasteiger partial charge >= 0.3 is 5.97 Å². The number of halogens is 1. The predicted molar refractivity (Wildman–Crippen MR) is 72.6 cm³/mol. The van der Waals surface area contributed by atoms with Crippen LogP contribution in [0.3, 0.4) is 0 Å². The van der Waals surface area contributed by atoms with Crippen LogP contribution in [0.1, 0.15) is 23.5 Å². The van der Waals surface area contributed by atoms with E-state index in [9.17, 15) is 9.90 Å². The first kappa shape index (κ1) is 12.1. The predicted octanol–water partition coefficient (Wildman–Crippen LogP) is 3.63. The van der Waals surface area contributed by atoms with E-state index in [0.29, 0.717) is 10.6 Å². The van der Waals surface area contributed by atoms with Gasteiger partial charge in [0.25, 0.3) is 0 Å². The summed E-state index contributed by atoms with van der Waals surface area (Å²) in [5, 5.41) is 19.7. The van der Waals surface area contributed by atoms with Crippen molar-refractivity contribution in [3.63, 3.8) is 0 Å². The van der Waals surface area contributed by atoms with Crippen LogP contribution >= 0.6 is 11.6 Å². The Balaban J connectivity index is 2.30. The van der Waals surface area contributed by atoms with Gasteiger partial charge in [0, 0.05) is 22.1 Å². The summed E-state index contributed by atoms with van der Waals surface area (Å²) in [5.74, 6) is -0.986. The van der Waals surface area contributed by atoms with E-state index in [4.69, 9.17) is 16.7 Å². The van der Waals surface area contributed by atoms with Gasteiger partial charge in [-0.3, -0.25) is 4.79 Å². The average Bonchev–Trinajstić information content (AvgIpc) is 2.66. The molecule has 2 aromatic rings. The highest BCUT2D eigenvalue weighted by Gasteiger charge is 2.33. The maximum atomic E-state index is 11.0. The van der Waals surface area contributed by atoms with Gasteiger partial charge in [0.05, 0.1) is 6.42 Å². The lowest BCUT2D eigenvalue weighted by molar-refractivity contribution is -0.137. The van der Waals surface area contributed by atoms with E-state index in [1.54, 1.807) is 24.3 Å². The van der Waals surface area contributed by atoms with Crippen molar-refractivity contribution in [3.8, 4) is 16.9 Å². The minimum atomic E-state index is -0.868. The number of phenols is 1. The number of carboxylic acids is 1. The van der Waals surface area contributed by atoms with Gasteiger partial charge in [-0.05, 0) is 23.3 Å². The van der Waals surface area contributed by atoms with Crippen molar-refractivity contribution < 1.29 is 15.0 Å². The van der Waals surface area contributed by atoms with Crippen LogP contribution in [0.25, 0.3) is 11.1 Å². The summed E-state index contributed by atoms with van der Waals surface area (Å²) in [6.07, 6.45) is -0.0101. The molecule has 2 N–H and O–H groups in total. The van der Waals surface area contributed by atoms with Gasteiger partial charge < -0.3 is 10.2 Å². The number of rotatable bonds is 2. The summed E-state index contributed by atoms with van der Waals surface area (Å²) in [7, 11) is 0. The Morgan fingerprint density at radius 1 is 1.11 bits per heavy atom. The van der Waals surface area contributed by atoms with Crippen LogP contribution in [0.15, 0.2) is 36.4 Å². The van der Waals surface area contributed by atoms with Crippen LogP contribution in [0.2, 0.25) is 5.02 Å². The Labute approximate surface area is 115 Å². The molecule has 1 atom stereocenters. The number of aromatic hydroxyl groups is 1. The van der Waals surface area contributed by atoms with Gasteiger partial charge in [-0.25, -0.2) is 0 Å². The molecule has 3 rings (SSSR count). The maximum Gasteiger partial charge on any atom is 0.304 e. The van der Waals surface area contributed by atoms with Crippen molar-refractivity contribution in [3.05, 3.63) is 52.5 Å². The number of hydrogen-bond donors (Lipinski definition) is 2. The van der Waals surface area contributed by atoms with Gasteiger partial charge in [0.15, 0.2) is 0 Å². The molecule has 0 radical (unpaired) electrons. The molecule has 0 fully saturated rings. The first-order valence-electron chi connectivity index (χ1n) is 5.92. The third kappa shape index (κ3) is 1.78. The molecule has 1 aliphatic rings. The van der Waals surface area contributed by atoms with Crippen LogP contribution < -0.4 is 0 Å². The molecule has 0 amide bonds. The number of benzene rings is 2. The molecule has 19 heavy (non-hydrogen) atoms. The van der Waals surface area contributed by atoms with E-state index in [0.717, 1.165) is 16.7 Å². The Morgan fingerprint density at radius 3 is 2.42 bits per heavy atom. The van der Waals surface area contributed by atoms with Crippen molar-refractivity contribution in [1.82, 2.24) is 0 Å². The smallest absolute Gasteiger partial charge is 0.304 e. The Bertz CT molecular complexity index is 628. The van der Waals surface area contributed by atoms with E-state index >= 15 is 0 Å². The zero-order valence-corrected chi connectivity index (χ0v) is 10.7. The standard InChI is InChI=1S/C15H11ClO3/c16-11-5-1-3-8-10(7-13(18)19)9-4-2-6-12(17)15(9)14(8)11/h1-6,10,17H,7H2,(H,18,19). The molecular weight excluding hydrogens is 264 g/mol. The maximum absolute atomic E-state index is 11.0. The number of phenolic OH excluding ortho intramolecular Hbond substituents is 1. The van der Waals surface area contributed by atoms with Crippen LogP contribution in [0.5, 0.6) is 5.75 Å². The van der Waals surface area contributed by atoms with Gasteiger partial charge in [-0.15, -0.1) is 0 Å². The lowest BCUT2D eigenvalue weighted by atomic mass is 9.94. The van der Waals surface area contributed by atoms with Crippen molar-refractivity contribution in [1.29, 1.82) is 0 Å². The quantitative estimate of drug-likeness (QED) is 0.879. The zero-order valence-electron chi connectivity index (χ0n) is 9.93. The lowest BCUT2D eigenvalue weighted by Gasteiger charge is -2.10. The monoisotopic (exact) mass is 274 g/mol. The summed E-state index contributed by atoms with van der Waals surface area (Å²) >= 11 is 6.21. The fourth-order valence-electron chi connectivity index (χ4n) is 2.78. The molecule has 0 aromatic heterocycles. The molecular formula is C15H11ClO3. The van der Waals surface area contributed by atoms with Crippen molar-refractivity contribution in [2.24, 2.45) is 0 Å². The van der Waals surface area contributed by atoms with Crippen LogP contribution in [0.4, 0.5) is 0 Å². The Morgan fingerprint density at radius 2 is 1.74 bits per heavy atom. The van der Waals surface area contributed by atoms with Gasteiger partial charge in [0.1, 0.15) is 5.75 Å². The van der Waals surface area contributed by atoms with Gasteiger partial charge in [-0.2, -0.15) is 0 Å². The lowest BCUT2D eigenvalue weighted by Crippen LogP contribution is -2.04. The molecule has 0 aliphatic heterocycles. The van der Waals surface area contributed by atoms with E-state index in [-0.39, 0.29) is 18.1 Å². The van der Waals surface area contributed by atoms with Crippen molar-refractivity contribution in [2.45, 2.75) is 12.3 Å². The second-order valence-electron chi connectivity index (χ2n) is 4.60. The molecule has 0 heterocycles. The second kappa shape index (κ2) is 4.28. The minimum absolute atomic E-state index is 0.0101. The molecule has 0 saturated carbocycles. The number of hydrogen-bond acceptors (Lipinski definition) is 2. The summed E-state index contributed by atoms with van der Waals surface area (Å²) in [4.78, 5) is 11.0. The highest BCUT2D eigenvalue weighted by atomic mass is 35.5. The van der Waals surface area contributed by atoms with Crippen LogP contribution in [-0.2, 0) is 4.79 Å². The average molecular weight is 275 g/mol. The van der Waals surface area contributed by atoms with Crippen molar-refractivity contribution in [2.75, 3.05) is 0 Å². The number of aliphatic carboxylic acids is 1. The van der Waals surface area contributed by atoms with E-state index < -0.39 is 5.97 Å². The zero-order chi connectivity index (χ0) is 13.6. The van der Waals surface area contributed by atoms with Crippen molar-refractivity contribution >= 4 is 17.6 Å². The van der Waals surface area contributed by atoms with E-state index in [1.807, 2.05) is 12.1 Å². The SMILES string of the molecule is O=C(O)CC1c2cccc(O)c2-c2c(Cl)cccc21. The molecule has 96 valence electrons. The van der Waals surface area contributed by atoms with Gasteiger partial charge in [-0.1, -0.05) is 35.9 Å². The molecule has 4 heteroatoms.